The Morgan fingerprint density at radius 3 is 2.55 bits per heavy atom. The molecular formula is C14H18ClNO4. The van der Waals surface area contributed by atoms with E-state index in [2.05, 4.69) is 5.32 Å². The predicted octanol–water partition coefficient (Wildman–Crippen LogP) is 2.12. The van der Waals surface area contributed by atoms with E-state index in [1.54, 1.807) is 32.0 Å². The summed E-state index contributed by atoms with van der Waals surface area (Å²) in [5.74, 6) is -1.16. The largest absolute Gasteiger partial charge is 0.496 e. The highest BCUT2D eigenvalue weighted by molar-refractivity contribution is 6.31. The summed E-state index contributed by atoms with van der Waals surface area (Å²) in [7, 11) is 1.49. The number of nitrogens with one attached hydrogen (secondary N) is 1. The molecule has 0 aromatic heterocycles. The molecule has 0 spiro atoms. The van der Waals surface area contributed by atoms with E-state index in [1.807, 2.05) is 0 Å². The molecule has 0 bridgehead atoms. The van der Waals surface area contributed by atoms with E-state index in [0.717, 1.165) is 0 Å². The van der Waals surface area contributed by atoms with Gasteiger partial charge in [0, 0.05) is 10.6 Å². The zero-order valence-electron chi connectivity index (χ0n) is 11.6. The number of amides is 1. The van der Waals surface area contributed by atoms with Gasteiger partial charge in [-0.2, -0.15) is 0 Å². The van der Waals surface area contributed by atoms with Crippen LogP contribution in [0.3, 0.4) is 0 Å². The van der Waals surface area contributed by atoms with Crippen molar-refractivity contribution in [3.05, 3.63) is 28.8 Å². The van der Waals surface area contributed by atoms with Gasteiger partial charge >= 0.3 is 5.97 Å². The lowest BCUT2D eigenvalue weighted by Gasteiger charge is -2.18. The summed E-state index contributed by atoms with van der Waals surface area (Å²) < 4.78 is 5.15. The van der Waals surface area contributed by atoms with Crippen molar-refractivity contribution in [1.29, 1.82) is 0 Å². The van der Waals surface area contributed by atoms with Crippen LogP contribution in [0.1, 0.15) is 19.4 Å². The molecule has 0 unspecified atom stereocenters. The number of carboxylic acid groups (broad SMARTS) is 1. The van der Waals surface area contributed by atoms with Crippen LogP contribution in [-0.2, 0) is 16.0 Å². The highest BCUT2D eigenvalue weighted by Gasteiger charge is 2.24. The lowest BCUT2D eigenvalue weighted by molar-refractivity contribution is -0.143. The lowest BCUT2D eigenvalue weighted by Crippen LogP contribution is -2.44. The number of methoxy groups -OCH3 is 1. The number of halogens is 1. The molecule has 1 aromatic rings. The first-order valence-electron chi connectivity index (χ1n) is 6.20. The Morgan fingerprint density at radius 2 is 2.05 bits per heavy atom. The van der Waals surface area contributed by atoms with Gasteiger partial charge in [0.05, 0.1) is 13.5 Å². The first kappa shape index (κ1) is 16.3. The van der Waals surface area contributed by atoms with Crippen LogP contribution in [0, 0.1) is 5.92 Å². The molecule has 0 heterocycles. The van der Waals surface area contributed by atoms with Crippen LogP contribution in [0.5, 0.6) is 5.75 Å². The molecule has 0 aliphatic rings. The minimum atomic E-state index is -1.06. The highest BCUT2D eigenvalue weighted by atomic mass is 35.5. The van der Waals surface area contributed by atoms with Gasteiger partial charge in [-0.05, 0) is 18.1 Å². The second kappa shape index (κ2) is 7.14. The number of benzene rings is 1. The number of hydrogen-bond acceptors (Lipinski definition) is 3. The maximum absolute atomic E-state index is 12.0. The Kier molecular flexibility index (Phi) is 5.82. The summed E-state index contributed by atoms with van der Waals surface area (Å²) in [4.78, 5) is 23.0. The van der Waals surface area contributed by atoms with Gasteiger partial charge in [0.1, 0.15) is 11.8 Å². The van der Waals surface area contributed by atoms with Crippen molar-refractivity contribution in [3.63, 3.8) is 0 Å². The number of hydrogen-bond donors (Lipinski definition) is 2. The fraction of sp³-hybridized carbons (Fsp3) is 0.429. The Bertz CT molecular complexity index is 502. The van der Waals surface area contributed by atoms with E-state index in [9.17, 15) is 9.59 Å². The zero-order chi connectivity index (χ0) is 15.3. The number of carbonyl (C=O) groups is 2. The first-order chi connectivity index (χ1) is 9.36. The highest BCUT2D eigenvalue weighted by Crippen LogP contribution is 2.26. The monoisotopic (exact) mass is 299 g/mol. The maximum atomic E-state index is 12.0. The maximum Gasteiger partial charge on any atom is 0.326 e. The molecule has 1 amide bonds. The van der Waals surface area contributed by atoms with Crippen molar-refractivity contribution < 1.29 is 19.4 Å². The molecule has 6 heteroatoms. The fourth-order valence-corrected chi connectivity index (χ4v) is 2.03. The van der Waals surface area contributed by atoms with Gasteiger partial charge in [-0.15, -0.1) is 0 Å². The number of ether oxygens (including phenoxy) is 1. The van der Waals surface area contributed by atoms with Crippen LogP contribution in [-0.4, -0.2) is 30.1 Å². The summed E-state index contributed by atoms with van der Waals surface area (Å²) >= 11 is 6.04. The quantitative estimate of drug-likeness (QED) is 0.843. The van der Waals surface area contributed by atoms with E-state index < -0.39 is 17.9 Å². The van der Waals surface area contributed by atoms with Crippen molar-refractivity contribution in [1.82, 2.24) is 5.32 Å². The second-order valence-electron chi connectivity index (χ2n) is 4.72. The van der Waals surface area contributed by atoms with E-state index in [1.165, 1.54) is 7.11 Å². The normalized spacial score (nSPS) is 12.1. The lowest BCUT2D eigenvalue weighted by atomic mass is 10.0. The van der Waals surface area contributed by atoms with Crippen LogP contribution in [0.15, 0.2) is 18.2 Å². The van der Waals surface area contributed by atoms with E-state index >= 15 is 0 Å². The Hall–Kier alpha value is -1.75. The molecule has 0 saturated heterocycles. The minimum absolute atomic E-state index is 0.0284. The summed E-state index contributed by atoms with van der Waals surface area (Å²) in [6.45, 7) is 3.46. The minimum Gasteiger partial charge on any atom is -0.496 e. The molecule has 0 radical (unpaired) electrons. The SMILES string of the molecule is COc1cccc(Cl)c1CC(=O)N[C@H](C(=O)O)C(C)C. The number of aliphatic carboxylic acids is 1. The van der Waals surface area contributed by atoms with Crippen LogP contribution in [0.25, 0.3) is 0 Å². The Morgan fingerprint density at radius 1 is 1.40 bits per heavy atom. The summed E-state index contributed by atoms with van der Waals surface area (Å²) in [6, 6.07) is 4.16. The molecule has 1 atom stereocenters. The fourth-order valence-electron chi connectivity index (χ4n) is 1.80. The molecule has 2 N–H and O–H groups in total. The van der Waals surface area contributed by atoms with Gasteiger partial charge in [0.25, 0.3) is 0 Å². The van der Waals surface area contributed by atoms with Gasteiger partial charge in [0.15, 0.2) is 0 Å². The van der Waals surface area contributed by atoms with Crippen LogP contribution in [0.2, 0.25) is 5.02 Å². The third-order valence-corrected chi connectivity index (χ3v) is 3.24. The van der Waals surface area contributed by atoms with Gasteiger partial charge in [-0.25, -0.2) is 4.79 Å². The number of carbonyl (C=O) groups excluding carboxylic acids is 1. The third kappa shape index (κ3) is 4.13. The van der Waals surface area contributed by atoms with Crippen LogP contribution >= 0.6 is 11.6 Å². The molecule has 0 saturated carbocycles. The molecule has 5 nitrogen and oxygen atoms in total. The summed E-state index contributed by atoms with van der Waals surface area (Å²) in [5.41, 5.74) is 0.544. The van der Waals surface area contributed by atoms with Crippen LogP contribution in [0.4, 0.5) is 0 Å². The Labute approximate surface area is 122 Å². The zero-order valence-corrected chi connectivity index (χ0v) is 12.4. The molecule has 110 valence electrons. The van der Waals surface area contributed by atoms with E-state index in [-0.39, 0.29) is 12.3 Å². The predicted molar refractivity (Wildman–Crippen MR) is 76.1 cm³/mol. The Balaban J connectivity index is 2.84. The molecule has 0 aliphatic heterocycles. The van der Waals surface area contributed by atoms with Crippen molar-refractivity contribution in [2.75, 3.05) is 7.11 Å². The molecule has 0 fully saturated rings. The van der Waals surface area contributed by atoms with E-state index in [0.29, 0.717) is 16.3 Å². The van der Waals surface area contributed by atoms with Crippen LogP contribution < -0.4 is 10.1 Å². The standard InChI is InChI=1S/C14H18ClNO4/c1-8(2)13(14(18)19)16-12(17)7-9-10(15)5-4-6-11(9)20-3/h4-6,8,13H,7H2,1-3H3,(H,16,17)(H,18,19)/t13-/m0/s1. The third-order valence-electron chi connectivity index (χ3n) is 2.88. The molecule has 20 heavy (non-hydrogen) atoms. The number of carboxylic acids is 1. The molecule has 1 aromatic carbocycles. The molecule has 0 aliphatic carbocycles. The van der Waals surface area contributed by atoms with E-state index in [4.69, 9.17) is 21.4 Å². The molecular weight excluding hydrogens is 282 g/mol. The smallest absolute Gasteiger partial charge is 0.326 e. The van der Waals surface area contributed by atoms with Gasteiger partial charge < -0.3 is 15.2 Å². The molecule has 1 rings (SSSR count). The van der Waals surface area contributed by atoms with Crippen molar-refractivity contribution in [3.8, 4) is 5.75 Å². The first-order valence-corrected chi connectivity index (χ1v) is 6.58. The number of rotatable bonds is 6. The summed E-state index contributed by atoms with van der Waals surface area (Å²) in [5, 5.41) is 12.0. The van der Waals surface area contributed by atoms with Gasteiger partial charge in [0.2, 0.25) is 5.91 Å². The van der Waals surface area contributed by atoms with Crippen molar-refractivity contribution in [2.24, 2.45) is 5.92 Å². The van der Waals surface area contributed by atoms with Gasteiger partial charge in [-0.3, -0.25) is 4.79 Å². The topological polar surface area (TPSA) is 75.6 Å². The second-order valence-corrected chi connectivity index (χ2v) is 5.13. The summed E-state index contributed by atoms with van der Waals surface area (Å²) in [6.07, 6.45) is -0.0284. The van der Waals surface area contributed by atoms with Crippen molar-refractivity contribution >= 4 is 23.5 Å². The average molecular weight is 300 g/mol. The average Bonchev–Trinajstić information content (AvgIpc) is 2.37. The van der Waals surface area contributed by atoms with Crippen molar-refractivity contribution in [2.45, 2.75) is 26.3 Å². The van der Waals surface area contributed by atoms with Gasteiger partial charge in [-0.1, -0.05) is 31.5 Å².